The Morgan fingerprint density at radius 2 is 1.85 bits per heavy atom. The van der Waals surface area contributed by atoms with Gasteiger partial charge >= 0.3 is 11.9 Å². The van der Waals surface area contributed by atoms with Gasteiger partial charge in [0.15, 0.2) is 6.10 Å². The monoisotopic (exact) mass is 559 g/mol. The molecule has 3 atom stereocenters. The van der Waals surface area contributed by atoms with Crippen molar-refractivity contribution in [2.75, 3.05) is 25.0 Å². The van der Waals surface area contributed by atoms with Crippen LogP contribution in [0, 0.1) is 0 Å². The van der Waals surface area contributed by atoms with Crippen LogP contribution in [0.15, 0.2) is 36.4 Å². The van der Waals surface area contributed by atoms with Crippen LogP contribution < -0.4 is 15.4 Å². The molecule has 1 aromatic carbocycles. The fourth-order valence-electron chi connectivity index (χ4n) is 3.75. The third-order valence-electron chi connectivity index (χ3n) is 5.65. The first-order valence-corrected chi connectivity index (χ1v) is 12.3. The summed E-state index contributed by atoms with van der Waals surface area (Å²) >= 11 is 0. The molecule has 0 radical (unpaired) electrons. The van der Waals surface area contributed by atoms with Crippen LogP contribution in [-0.4, -0.2) is 88.9 Å². The third-order valence-corrected chi connectivity index (χ3v) is 5.65. The molecule has 0 aromatic heterocycles. The van der Waals surface area contributed by atoms with Gasteiger partial charge in [-0.25, -0.2) is 4.79 Å². The van der Waals surface area contributed by atoms with Crippen LogP contribution in [0.5, 0.6) is 5.75 Å². The molecule has 1 saturated heterocycles. The van der Waals surface area contributed by atoms with Crippen LogP contribution in [-0.2, 0) is 38.2 Å². The minimum Gasteiger partial charge on any atom is -0.479 e. The molecule has 4 amide bonds. The molecular weight excluding hydrogens is 530 g/mol. The van der Waals surface area contributed by atoms with Crippen molar-refractivity contribution in [3.8, 4) is 5.75 Å². The Bertz CT molecular complexity index is 1210. The van der Waals surface area contributed by atoms with Gasteiger partial charge < -0.3 is 35.1 Å². The van der Waals surface area contributed by atoms with E-state index in [1.807, 2.05) is 0 Å². The van der Waals surface area contributed by atoms with Crippen molar-refractivity contribution in [3.05, 3.63) is 42.0 Å². The van der Waals surface area contributed by atoms with E-state index >= 15 is 0 Å². The predicted molar refractivity (Wildman–Crippen MR) is 136 cm³/mol. The number of carbonyl (C=O) groups excluding carboxylic acids is 5. The molecule has 4 N–H and O–H groups in total. The number of aliphatic carboxylic acids is 1. The molecule has 2 aliphatic heterocycles. The Kier molecular flexibility index (Phi) is 10.5. The quantitative estimate of drug-likeness (QED) is 0.198. The molecule has 2 heterocycles. The van der Waals surface area contributed by atoms with E-state index in [1.54, 1.807) is 24.3 Å². The topological polar surface area (TPSA) is 198 Å². The zero-order chi connectivity index (χ0) is 29.2. The zero-order valence-corrected chi connectivity index (χ0v) is 21.5. The number of carbonyl (C=O) groups is 6. The smallest absolute Gasteiger partial charge is 0.333 e. The SMILES string of the molecule is CC(=O)OC/C=C/c1ccc(O[C@H]2CC(O)C[C@@H](C(=O)O)O2)c(NC(=O)CCNC(=O)CN2C(=O)C=CC2=O)c1. The van der Waals surface area contributed by atoms with Crippen LogP contribution >= 0.6 is 0 Å². The maximum atomic E-state index is 12.7. The molecule has 40 heavy (non-hydrogen) atoms. The molecule has 14 nitrogen and oxygen atoms in total. The number of benzene rings is 1. The summed E-state index contributed by atoms with van der Waals surface area (Å²) in [5.74, 6) is -3.90. The molecule has 214 valence electrons. The van der Waals surface area contributed by atoms with Gasteiger partial charge in [-0.1, -0.05) is 12.1 Å². The van der Waals surface area contributed by atoms with E-state index in [0.717, 1.165) is 17.1 Å². The van der Waals surface area contributed by atoms with Gasteiger partial charge in [0.25, 0.3) is 11.8 Å². The number of carboxylic acids is 1. The van der Waals surface area contributed by atoms with Gasteiger partial charge in [0, 0.05) is 44.9 Å². The van der Waals surface area contributed by atoms with E-state index in [2.05, 4.69) is 10.6 Å². The van der Waals surface area contributed by atoms with Gasteiger partial charge in [-0.2, -0.15) is 0 Å². The second-order valence-corrected chi connectivity index (χ2v) is 8.84. The summed E-state index contributed by atoms with van der Waals surface area (Å²) in [6.45, 7) is 0.739. The van der Waals surface area contributed by atoms with E-state index in [1.165, 1.54) is 13.0 Å². The van der Waals surface area contributed by atoms with E-state index < -0.39 is 60.6 Å². The molecule has 1 unspecified atom stereocenters. The lowest BCUT2D eigenvalue weighted by Gasteiger charge is -2.31. The van der Waals surface area contributed by atoms with Crippen molar-refractivity contribution in [2.24, 2.45) is 0 Å². The summed E-state index contributed by atoms with van der Waals surface area (Å²) in [4.78, 5) is 70.9. The Hall–Kier alpha value is -4.56. The number of hydrogen-bond donors (Lipinski definition) is 4. The largest absolute Gasteiger partial charge is 0.479 e. The van der Waals surface area contributed by atoms with Crippen molar-refractivity contribution >= 4 is 47.3 Å². The Labute approximate surface area is 228 Å². The van der Waals surface area contributed by atoms with E-state index in [0.29, 0.717) is 5.56 Å². The minimum absolute atomic E-state index is 0.00474. The number of rotatable bonds is 12. The Morgan fingerprint density at radius 1 is 1.12 bits per heavy atom. The van der Waals surface area contributed by atoms with Gasteiger partial charge in [-0.15, -0.1) is 0 Å². The molecule has 14 heteroatoms. The number of nitrogens with one attached hydrogen (secondary N) is 2. The zero-order valence-electron chi connectivity index (χ0n) is 21.5. The lowest BCUT2D eigenvalue weighted by molar-refractivity contribution is -0.195. The van der Waals surface area contributed by atoms with Gasteiger partial charge in [-0.3, -0.25) is 28.9 Å². The number of carboxylic acid groups (broad SMARTS) is 1. The molecule has 2 aliphatic rings. The molecule has 1 fully saturated rings. The summed E-state index contributed by atoms with van der Waals surface area (Å²) in [7, 11) is 0. The molecule has 0 aliphatic carbocycles. The number of hydrogen-bond acceptors (Lipinski definition) is 10. The second kappa shape index (κ2) is 14.0. The third kappa shape index (κ3) is 9.03. The normalized spacial score (nSPS) is 20.4. The van der Waals surface area contributed by atoms with E-state index in [-0.39, 0.29) is 43.9 Å². The fraction of sp³-hybridized carbons (Fsp3) is 0.385. The highest BCUT2D eigenvalue weighted by molar-refractivity contribution is 6.14. The summed E-state index contributed by atoms with van der Waals surface area (Å²) in [6, 6.07) is 4.71. The van der Waals surface area contributed by atoms with Crippen molar-refractivity contribution in [3.63, 3.8) is 0 Å². The van der Waals surface area contributed by atoms with Gasteiger partial charge in [0.2, 0.25) is 18.1 Å². The molecule has 0 bridgehead atoms. The second-order valence-electron chi connectivity index (χ2n) is 8.84. The lowest BCUT2D eigenvalue weighted by atomic mass is 10.1. The summed E-state index contributed by atoms with van der Waals surface area (Å²) in [5, 5.41) is 24.4. The number of amides is 4. The molecule has 3 rings (SSSR count). The molecule has 0 spiro atoms. The van der Waals surface area contributed by atoms with Gasteiger partial charge in [0.05, 0.1) is 11.8 Å². The Morgan fingerprint density at radius 3 is 2.52 bits per heavy atom. The number of ether oxygens (including phenoxy) is 3. The van der Waals surface area contributed by atoms with Crippen LogP contribution in [0.25, 0.3) is 6.08 Å². The number of anilines is 1. The first kappa shape index (κ1) is 30.0. The predicted octanol–water partition coefficient (Wildman–Crippen LogP) is -0.0379. The number of aliphatic hydroxyl groups is 1. The fourth-order valence-corrected chi connectivity index (χ4v) is 3.75. The highest BCUT2D eigenvalue weighted by Gasteiger charge is 2.34. The molecular formula is C26H29N3O11. The van der Waals surface area contributed by atoms with Gasteiger partial charge in [-0.05, 0) is 23.8 Å². The van der Waals surface area contributed by atoms with Gasteiger partial charge in [0.1, 0.15) is 18.9 Å². The average molecular weight is 560 g/mol. The number of imide groups is 1. The van der Waals surface area contributed by atoms with Crippen molar-refractivity contribution < 1.29 is 53.2 Å². The van der Waals surface area contributed by atoms with E-state index in [9.17, 15) is 39.0 Å². The first-order valence-electron chi connectivity index (χ1n) is 12.3. The Balaban J connectivity index is 1.64. The van der Waals surface area contributed by atoms with Crippen molar-refractivity contribution in [2.45, 2.75) is 44.7 Å². The van der Waals surface area contributed by atoms with E-state index in [4.69, 9.17) is 14.2 Å². The van der Waals surface area contributed by atoms with Crippen molar-refractivity contribution in [1.29, 1.82) is 0 Å². The highest BCUT2D eigenvalue weighted by Crippen LogP contribution is 2.31. The van der Waals surface area contributed by atoms with Crippen LogP contribution in [0.4, 0.5) is 5.69 Å². The average Bonchev–Trinajstić information content (AvgIpc) is 3.19. The van der Waals surface area contributed by atoms with Crippen molar-refractivity contribution in [1.82, 2.24) is 10.2 Å². The number of nitrogens with zero attached hydrogens (tertiary/aromatic N) is 1. The number of esters is 1. The summed E-state index contributed by atoms with van der Waals surface area (Å²) in [6.07, 6.45) is 1.76. The standard InChI is InChI=1S/C26H29N3O11/c1-15(30)38-10-2-3-16-4-5-19(39-25-13-17(31)12-20(40-25)26(36)37)18(11-16)28-21(32)8-9-27-22(33)14-29-23(34)6-7-24(29)35/h2-7,11,17,20,25,31H,8-10,12-14H2,1H3,(H,27,33)(H,28,32)(H,36,37)/b3-2+/t17?,20-,25+/m0/s1. The maximum absolute atomic E-state index is 12.7. The van der Waals surface area contributed by atoms with Crippen LogP contribution in [0.1, 0.15) is 31.7 Å². The molecule has 1 aromatic rings. The molecule has 0 saturated carbocycles. The lowest BCUT2D eigenvalue weighted by Crippen LogP contribution is -2.42. The minimum atomic E-state index is -1.26. The summed E-state index contributed by atoms with van der Waals surface area (Å²) in [5.41, 5.74) is 0.797. The van der Waals surface area contributed by atoms with Crippen LogP contribution in [0.3, 0.4) is 0 Å². The summed E-state index contributed by atoms with van der Waals surface area (Å²) < 4.78 is 16.1. The number of aliphatic hydroxyl groups excluding tert-OH is 1. The van der Waals surface area contributed by atoms with Crippen LogP contribution in [0.2, 0.25) is 0 Å². The first-order chi connectivity index (χ1) is 19.0. The maximum Gasteiger partial charge on any atom is 0.333 e. The highest BCUT2D eigenvalue weighted by atomic mass is 16.7.